The lowest BCUT2D eigenvalue weighted by molar-refractivity contribution is 0.0971. The minimum absolute atomic E-state index is 0.110. The summed E-state index contributed by atoms with van der Waals surface area (Å²) < 4.78 is 26.2. The maximum atomic E-state index is 13.3. The molecule has 0 saturated carbocycles. The van der Waals surface area contributed by atoms with E-state index in [1.54, 1.807) is 6.07 Å². The van der Waals surface area contributed by atoms with Gasteiger partial charge in [0.15, 0.2) is 11.6 Å². The minimum Gasteiger partial charge on any atom is -0.329 e. The third-order valence-electron chi connectivity index (χ3n) is 3.82. The van der Waals surface area contributed by atoms with Crippen LogP contribution in [0.25, 0.3) is 0 Å². The highest BCUT2D eigenvalue weighted by molar-refractivity contribution is 5.18. The van der Waals surface area contributed by atoms with Crippen LogP contribution in [0.2, 0.25) is 0 Å². The summed E-state index contributed by atoms with van der Waals surface area (Å²) in [7, 11) is 0. The van der Waals surface area contributed by atoms with Crippen molar-refractivity contribution in [3.63, 3.8) is 0 Å². The van der Waals surface area contributed by atoms with Crippen molar-refractivity contribution in [2.24, 2.45) is 5.73 Å². The van der Waals surface area contributed by atoms with Crippen LogP contribution in [0.5, 0.6) is 0 Å². The Morgan fingerprint density at radius 1 is 1.21 bits per heavy atom. The van der Waals surface area contributed by atoms with E-state index in [4.69, 9.17) is 5.73 Å². The maximum absolute atomic E-state index is 13.3. The molecule has 0 aliphatic carbocycles. The Hall–Kier alpha value is -1.00. The zero-order chi connectivity index (χ0) is 14.5. The molecule has 4 heteroatoms. The van der Waals surface area contributed by atoms with Gasteiger partial charge in [0.05, 0.1) is 0 Å². The van der Waals surface area contributed by atoms with E-state index in [-0.39, 0.29) is 5.54 Å². The predicted octanol–water partition coefficient (Wildman–Crippen LogP) is 3.30. The number of benzene rings is 1. The van der Waals surface area contributed by atoms with E-state index in [2.05, 4.69) is 25.7 Å². The normalized spacial score (nSPS) is 14.7. The van der Waals surface area contributed by atoms with Crippen molar-refractivity contribution in [1.29, 1.82) is 0 Å². The molecule has 0 saturated heterocycles. The first-order chi connectivity index (χ1) is 8.96. The van der Waals surface area contributed by atoms with Crippen LogP contribution in [0.4, 0.5) is 8.78 Å². The lowest BCUT2D eigenvalue weighted by atomic mass is 9.95. The number of rotatable bonds is 7. The van der Waals surface area contributed by atoms with Crippen LogP contribution in [0.3, 0.4) is 0 Å². The smallest absolute Gasteiger partial charge is 0.159 e. The van der Waals surface area contributed by atoms with Gasteiger partial charge >= 0.3 is 0 Å². The van der Waals surface area contributed by atoms with Crippen LogP contribution in [-0.4, -0.2) is 23.5 Å². The van der Waals surface area contributed by atoms with Crippen LogP contribution in [0.1, 0.15) is 39.2 Å². The molecule has 0 aliphatic rings. The fourth-order valence-corrected chi connectivity index (χ4v) is 2.17. The predicted molar refractivity (Wildman–Crippen MR) is 74.8 cm³/mol. The Morgan fingerprint density at radius 3 is 2.37 bits per heavy atom. The molecule has 108 valence electrons. The van der Waals surface area contributed by atoms with E-state index < -0.39 is 11.6 Å². The van der Waals surface area contributed by atoms with Crippen molar-refractivity contribution in [2.75, 3.05) is 13.1 Å². The molecule has 2 nitrogen and oxygen atoms in total. The average molecular weight is 270 g/mol. The Kier molecular flexibility index (Phi) is 5.88. The van der Waals surface area contributed by atoms with Crippen molar-refractivity contribution in [1.82, 2.24) is 4.90 Å². The van der Waals surface area contributed by atoms with Crippen molar-refractivity contribution < 1.29 is 8.78 Å². The van der Waals surface area contributed by atoms with Gasteiger partial charge in [-0.05, 0) is 44.0 Å². The van der Waals surface area contributed by atoms with E-state index in [1.807, 2.05) is 0 Å². The molecule has 1 aromatic carbocycles. The lowest BCUT2D eigenvalue weighted by Gasteiger charge is -2.40. The minimum atomic E-state index is -0.803. The first-order valence-electron chi connectivity index (χ1n) is 6.86. The highest BCUT2D eigenvalue weighted by atomic mass is 19.2. The summed E-state index contributed by atoms with van der Waals surface area (Å²) in [4.78, 5) is 2.25. The van der Waals surface area contributed by atoms with Gasteiger partial charge in [-0.2, -0.15) is 0 Å². The molecule has 0 aromatic heterocycles. The monoisotopic (exact) mass is 270 g/mol. The third-order valence-corrected chi connectivity index (χ3v) is 3.82. The van der Waals surface area contributed by atoms with Crippen LogP contribution in [0.15, 0.2) is 18.2 Å². The van der Waals surface area contributed by atoms with Crippen LogP contribution < -0.4 is 5.73 Å². The SMILES string of the molecule is CCCN(Cc1ccc(F)c(F)c1)C(C)(CC)CN. The molecule has 0 fully saturated rings. The van der Waals surface area contributed by atoms with E-state index in [0.29, 0.717) is 13.1 Å². The summed E-state index contributed by atoms with van der Waals surface area (Å²) in [6, 6.07) is 4.08. The molecule has 2 N–H and O–H groups in total. The van der Waals surface area contributed by atoms with Gasteiger partial charge in [0, 0.05) is 18.6 Å². The first-order valence-corrected chi connectivity index (χ1v) is 6.86. The van der Waals surface area contributed by atoms with Gasteiger partial charge in [0.25, 0.3) is 0 Å². The van der Waals surface area contributed by atoms with E-state index in [9.17, 15) is 8.78 Å². The third kappa shape index (κ3) is 3.98. The number of hydrogen-bond acceptors (Lipinski definition) is 2. The van der Waals surface area contributed by atoms with Gasteiger partial charge in [-0.25, -0.2) is 8.78 Å². The van der Waals surface area contributed by atoms with Crippen molar-refractivity contribution in [2.45, 2.75) is 45.7 Å². The molecule has 0 radical (unpaired) electrons. The molecule has 1 aromatic rings. The zero-order valence-electron chi connectivity index (χ0n) is 12.0. The molecule has 19 heavy (non-hydrogen) atoms. The molecule has 0 spiro atoms. The van der Waals surface area contributed by atoms with Gasteiger partial charge in [-0.3, -0.25) is 4.90 Å². The second-order valence-corrected chi connectivity index (χ2v) is 5.22. The summed E-state index contributed by atoms with van der Waals surface area (Å²) in [6.07, 6.45) is 1.92. The van der Waals surface area contributed by atoms with E-state index >= 15 is 0 Å². The van der Waals surface area contributed by atoms with Crippen LogP contribution in [0, 0.1) is 11.6 Å². The van der Waals surface area contributed by atoms with Gasteiger partial charge in [0.1, 0.15) is 0 Å². The van der Waals surface area contributed by atoms with Crippen molar-refractivity contribution in [3.05, 3.63) is 35.4 Å². The summed E-state index contributed by atoms with van der Waals surface area (Å²) >= 11 is 0. The fourth-order valence-electron chi connectivity index (χ4n) is 2.17. The maximum Gasteiger partial charge on any atom is 0.159 e. The first kappa shape index (κ1) is 16.1. The Balaban J connectivity index is 2.91. The molecular formula is C15H24F2N2. The Bertz CT molecular complexity index is 403. The van der Waals surface area contributed by atoms with Crippen LogP contribution >= 0.6 is 0 Å². The fraction of sp³-hybridized carbons (Fsp3) is 0.600. The molecule has 0 amide bonds. The molecule has 0 heterocycles. The molecule has 0 bridgehead atoms. The number of hydrogen-bond donors (Lipinski definition) is 1. The second kappa shape index (κ2) is 6.96. The molecule has 1 atom stereocenters. The highest BCUT2D eigenvalue weighted by Gasteiger charge is 2.28. The van der Waals surface area contributed by atoms with E-state index in [1.165, 1.54) is 12.1 Å². The summed E-state index contributed by atoms with van der Waals surface area (Å²) in [6.45, 7) is 8.34. The zero-order valence-corrected chi connectivity index (χ0v) is 12.0. The molecular weight excluding hydrogens is 246 g/mol. The molecule has 1 rings (SSSR count). The number of nitrogens with two attached hydrogens (primary N) is 1. The van der Waals surface area contributed by atoms with E-state index in [0.717, 1.165) is 24.9 Å². The quantitative estimate of drug-likeness (QED) is 0.823. The summed E-state index contributed by atoms with van der Waals surface area (Å²) in [5, 5.41) is 0. The van der Waals surface area contributed by atoms with Gasteiger partial charge in [-0.1, -0.05) is 19.9 Å². The van der Waals surface area contributed by atoms with Gasteiger partial charge in [-0.15, -0.1) is 0 Å². The number of halogens is 2. The number of nitrogens with zero attached hydrogens (tertiary/aromatic N) is 1. The van der Waals surface area contributed by atoms with Gasteiger partial charge in [0.2, 0.25) is 0 Å². The Morgan fingerprint density at radius 2 is 1.89 bits per heavy atom. The average Bonchev–Trinajstić information content (AvgIpc) is 2.41. The van der Waals surface area contributed by atoms with Gasteiger partial charge < -0.3 is 5.73 Å². The highest BCUT2D eigenvalue weighted by Crippen LogP contribution is 2.22. The van der Waals surface area contributed by atoms with Crippen molar-refractivity contribution >= 4 is 0 Å². The second-order valence-electron chi connectivity index (χ2n) is 5.22. The van der Waals surface area contributed by atoms with Crippen LogP contribution in [-0.2, 0) is 6.54 Å². The topological polar surface area (TPSA) is 29.3 Å². The largest absolute Gasteiger partial charge is 0.329 e. The summed E-state index contributed by atoms with van der Waals surface area (Å²) in [5.74, 6) is -1.59. The molecule has 1 unspecified atom stereocenters. The standard InChI is InChI=1S/C15H24F2N2/c1-4-8-19(15(3,5-2)11-18)10-12-6-7-13(16)14(17)9-12/h6-7,9H,4-5,8,10-11,18H2,1-3H3. The summed E-state index contributed by atoms with van der Waals surface area (Å²) in [5.41, 5.74) is 6.55. The Labute approximate surface area is 114 Å². The molecule has 0 aliphatic heterocycles. The lowest BCUT2D eigenvalue weighted by Crippen LogP contribution is -2.51. The van der Waals surface area contributed by atoms with Crippen molar-refractivity contribution in [3.8, 4) is 0 Å².